The van der Waals surface area contributed by atoms with E-state index in [4.69, 9.17) is 23.2 Å². The molecule has 2 N–H and O–H groups in total. The quantitative estimate of drug-likeness (QED) is 0.677. The Morgan fingerprint density at radius 3 is 2.67 bits per heavy atom. The molecule has 0 aliphatic rings. The normalized spacial score (nSPS) is 10.8. The van der Waals surface area contributed by atoms with Crippen molar-refractivity contribution in [2.75, 3.05) is 0 Å². The van der Waals surface area contributed by atoms with Gasteiger partial charge in [-0.2, -0.15) is 0 Å². The molecule has 0 fully saturated rings. The van der Waals surface area contributed by atoms with Crippen molar-refractivity contribution >= 4 is 34.1 Å². The molecule has 1 heterocycles. The van der Waals surface area contributed by atoms with Crippen LogP contribution in [0.2, 0.25) is 10.0 Å². The molecule has 0 aliphatic carbocycles. The molecule has 3 nitrogen and oxygen atoms in total. The fourth-order valence-electron chi connectivity index (χ4n) is 1.07. The van der Waals surface area contributed by atoms with Gasteiger partial charge in [0.05, 0.1) is 15.9 Å². The minimum atomic E-state index is -0.214. The second-order valence-corrected chi connectivity index (χ2v) is 3.23. The van der Waals surface area contributed by atoms with Crippen LogP contribution in [0.1, 0.15) is 0 Å². The Bertz CT molecular complexity index is 486. The SMILES string of the molecule is O=c1[nH][nH]c2c(Cl)cc(Cl)cc12. The Hall–Kier alpha value is -0.930. The molecule has 12 heavy (non-hydrogen) atoms. The van der Waals surface area contributed by atoms with Crippen LogP contribution < -0.4 is 5.56 Å². The van der Waals surface area contributed by atoms with Crippen molar-refractivity contribution < 1.29 is 0 Å². The number of hydrogen-bond donors (Lipinski definition) is 2. The topological polar surface area (TPSA) is 48.6 Å². The summed E-state index contributed by atoms with van der Waals surface area (Å²) < 4.78 is 0. The predicted octanol–water partition coefficient (Wildman–Crippen LogP) is 2.16. The molecule has 0 saturated carbocycles. The number of fused-ring (bicyclic) bond motifs is 1. The van der Waals surface area contributed by atoms with Gasteiger partial charge in [0.2, 0.25) is 0 Å². The number of rotatable bonds is 0. The number of aromatic amines is 2. The number of halogens is 2. The maximum Gasteiger partial charge on any atom is 0.271 e. The molecule has 0 aliphatic heterocycles. The Morgan fingerprint density at radius 1 is 1.17 bits per heavy atom. The van der Waals surface area contributed by atoms with E-state index in [2.05, 4.69) is 10.2 Å². The summed E-state index contributed by atoms with van der Waals surface area (Å²) in [5, 5.41) is 6.45. The van der Waals surface area contributed by atoms with E-state index in [0.29, 0.717) is 20.9 Å². The van der Waals surface area contributed by atoms with Crippen LogP contribution in [0.15, 0.2) is 16.9 Å². The van der Waals surface area contributed by atoms with E-state index >= 15 is 0 Å². The molecule has 0 bridgehead atoms. The van der Waals surface area contributed by atoms with Gasteiger partial charge in [-0.15, -0.1) is 0 Å². The molecule has 2 rings (SSSR count). The summed E-state index contributed by atoms with van der Waals surface area (Å²) in [6.07, 6.45) is 0. The third-order valence-electron chi connectivity index (χ3n) is 1.60. The van der Waals surface area contributed by atoms with Crippen LogP contribution in [0.25, 0.3) is 10.9 Å². The van der Waals surface area contributed by atoms with Crippen molar-refractivity contribution in [3.63, 3.8) is 0 Å². The first kappa shape index (κ1) is 7.71. The zero-order valence-electron chi connectivity index (χ0n) is 5.82. The maximum absolute atomic E-state index is 11.1. The molecule has 2 aromatic rings. The fraction of sp³-hybridized carbons (Fsp3) is 0. The van der Waals surface area contributed by atoms with Crippen LogP contribution in [0.3, 0.4) is 0 Å². The van der Waals surface area contributed by atoms with Crippen LogP contribution in [-0.2, 0) is 0 Å². The van der Waals surface area contributed by atoms with Crippen LogP contribution >= 0.6 is 23.2 Å². The number of hydrogen-bond acceptors (Lipinski definition) is 1. The Labute approximate surface area is 77.3 Å². The minimum absolute atomic E-state index is 0.214. The van der Waals surface area contributed by atoms with Gasteiger partial charge in [0.15, 0.2) is 0 Å². The molecule has 0 spiro atoms. The van der Waals surface area contributed by atoms with Gasteiger partial charge in [0, 0.05) is 5.02 Å². The standard InChI is InChI=1S/C7H4Cl2N2O/c8-3-1-4-6(5(9)2-3)10-11-7(4)12/h1-2H,(H2,10,11,12). The van der Waals surface area contributed by atoms with Gasteiger partial charge in [-0.3, -0.25) is 15.0 Å². The first-order valence-electron chi connectivity index (χ1n) is 3.24. The monoisotopic (exact) mass is 202 g/mol. The van der Waals surface area contributed by atoms with Crippen molar-refractivity contribution in [3.05, 3.63) is 32.5 Å². The van der Waals surface area contributed by atoms with Crippen LogP contribution in [0.5, 0.6) is 0 Å². The van der Waals surface area contributed by atoms with Crippen molar-refractivity contribution in [1.82, 2.24) is 10.2 Å². The molecule has 0 saturated heterocycles. The molecule has 0 amide bonds. The van der Waals surface area contributed by atoms with Gasteiger partial charge < -0.3 is 0 Å². The van der Waals surface area contributed by atoms with Crippen molar-refractivity contribution in [2.45, 2.75) is 0 Å². The zero-order valence-corrected chi connectivity index (χ0v) is 7.33. The lowest BCUT2D eigenvalue weighted by Gasteiger charge is -1.92. The van der Waals surface area contributed by atoms with E-state index in [9.17, 15) is 4.79 Å². The molecular weight excluding hydrogens is 199 g/mol. The highest BCUT2D eigenvalue weighted by Gasteiger charge is 2.05. The van der Waals surface area contributed by atoms with E-state index in [1.165, 1.54) is 0 Å². The van der Waals surface area contributed by atoms with Gasteiger partial charge in [0.1, 0.15) is 0 Å². The molecular formula is C7H4Cl2N2O. The second kappa shape index (κ2) is 2.54. The van der Waals surface area contributed by atoms with Crippen LogP contribution in [0, 0.1) is 0 Å². The summed E-state index contributed by atoms with van der Waals surface area (Å²) in [6, 6.07) is 3.15. The first-order chi connectivity index (χ1) is 5.68. The molecule has 0 unspecified atom stereocenters. The summed E-state index contributed by atoms with van der Waals surface area (Å²) in [7, 11) is 0. The molecule has 1 aromatic carbocycles. The smallest absolute Gasteiger partial charge is 0.271 e. The van der Waals surface area contributed by atoms with E-state index in [1.54, 1.807) is 12.1 Å². The first-order valence-corrected chi connectivity index (χ1v) is 3.99. The summed E-state index contributed by atoms with van der Waals surface area (Å²) >= 11 is 11.5. The van der Waals surface area contributed by atoms with Crippen molar-refractivity contribution in [2.24, 2.45) is 0 Å². The average Bonchev–Trinajstić information content (AvgIpc) is 2.33. The third-order valence-corrected chi connectivity index (χ3v) is 2.12. The van der Waals surface area contributed by atoms with E-state index in [1.807, 2.05) is 0 Å². The Kier molecular flexibility index (Phi) is 1.63. The summed E-state index contributed by atoms with van der Waals surface area (Å²) in [6.45, 7) is 0. The lowest BCUT2D eigenvalue weighted by Crippen LogP contribution is -1.96. The predicted molar refractivity (Wildman–Crippen MR) is 48.9 cm³/mol. The van der Waals surface area contributed by atoms with Gasteiger partial charge in [-0.05, 0) is 12.1 Å². The lowest BCUT2D eigenvalue weighted by molar-refractivity contribution is 1.08. The fourth-order valence-corrected chi connectivity index (χ4v) is 1.61. The second-order valence-electron chi connectivity index (χ2n) is 2.39. The largest absolute Gasteiger partial charge is 0.296 e. The van der Waals surface area contributed by atoms with E-state index in [-0.39, 0.29) is 5.56 Å². The average molecular weight is 203 g/mol. The molecule has 1 aromatic heterocycles. The number of H-pyrrole nitrogens is 2. The highest BCUT2D eigenvalue weighted by molar-refractivity contribution is 6.38. The van der Waals surface area contributed by atoms with E-state index in [0.717, 1.165) is 0 Å². The summed E-state index contributed by atoms with van der Waals surface area (Å²) in [5.74, 6) is 0. The molecule has 62 valence electrons. The van der Waals surface area contributed by atoms with Crippen LogP contribution in [-0.4, -0.2) is 10.2 Å². The van der Waals surface area contributed by atoms with Crippen molar-refractivity contribution in [3.8, 4) is 0 Å². The molecule has 0 radical (unpaired) electrons. The Morgan fingerprint density at radius 2 is 1.92 bits per heavy atom. The maximum atomic E-state index is 11.1. The Balaban J connectivity index is 3.02. The summed E-state index contributed by atoms with van der Waals surface area (Å²) in [4.78, 5) is 11.1. The van der Waals surface area contributed by atoms with Crippen molar-refractivity contribution in [1.29, 1.82) is 0 Å². The van der Waals surface area contributed by atoms with Gasteiger partial charge in [-0.1, -0.05) is 23.2 Å². The zero-order chi connectivity index (χ0) is 8.72. The van der Waals surface area contributed by atoms with Gasteiger partial charge in [-0.25, -0.2) is 0 Å². The highest BCUT2D eigenvalue weighted by atomic mass is 35.5. The lowest BCUT2D eigenvalue weighted by atomic mass is 10.2. The molecule has 0 atom stereocenters. The number of nitrogens with one attached hydrogen (secondary N) is 2. The number of benzene rings is 1. The van der Waals surface area contributed by atoms with Crippen LogP contribution in [0.4, 0.5) is 0 Å². The van der Waals surface area contributed by atoms with Gasteiger partial charge >= 0.3 is 0 Å². The van der Waals surface area contributed by atoms with Gasteiger partial charge in [0.25, 0.3) is 5.56 Å². The third kappa shape index (κ3) is 1.02. The number of aromatic nitrogens is 2. The minimum Gasteiger partial charge on any atom is -0.296 e. The molecule has 5 heteroatoms. The van der Waals surface area contributed by atoms with E-state index < -0.39 is 0 Å². The summed E-state index contributed by atoms with van der Waals surface area (Å²) in [5.41, 5.74) is 0.375. The highest BCUT2D eigenvalue weighted by Crippen LogP contribution is 2.23.